The number of amides is 2. The number of benzene rings is 2. The summed E-state index contributed by atoms with van der Waals surface area (Å²) in [5, 5.41) is 6.24. The number of hydrogen-bond donors (Lipinski definition) is 2. The number of thiazole rings is 1. The third-order valence-electron chi connectivity index (χ3n) is 3.89. The standard InChI is InChI=1S/C18H13Cl2N3O4S/c19-10-2-1-9(5-11(10)20)17(25)21-8-16(24)23-18-22-12-6-13-14(7-15(12)28-18)27-4-3-26-13/h1-2,5-7H,3-4,8H2,(H,21,25)(H,22,23,24). The van der Waals surface area contributed by atoms with E-state index in [2.05, 4.69) is 15.6 Å². The van der Waals surface area contributed by atoms with Gasteiger partial charge in [-0.3, -0.25) is 9.59 Å². The molecule has 0 aliphatic carbocycles. The number of nitrogens with one attached hydrogen (secondary N) is 2. The molecule has 10 heteroatoms. The average molecular weight is 438 g/mol. The van der Waals surface area contributed by atoms with E-state index in [9.17, 15) is 9.59 Å². The Bertz CT molecular complexity index is 1040. The zero-order valence-electron chi connectivity index (χ0n) is 14.3. The molecular formula is C18H13Cl2N3O4S. The lowest BCUT2D eigenvalue weighted by Gasteiger charge is -2.17. The smallest absolute Gasteiger partial charge is 0.251 e. The van der Waals surface area contributed by atoms with Gasteiger partial charge in [-0.25, -0.2) is 4.98 Å². The van der Waals surface area contributed by atoms with Crippen molar-refractivity contribution < 1.29 is 19.1 Å². The van der Waals surface area contributed by atoms with Crippen LogP contribution in [-0.2, 0) is 4.79 Å². The molecule has 4 rings (SSSR count). The van der Waals surface area contributed by atoms with E-state index >= 15 is 0 Å². The molecule has 0 spiro atoms. The van der Waals surface area contributed by atoms with Gasteiger partial charge in [-0.15, -0.1) is 0 Å². The number of halogens is 2. The maximum Gasteiger partial charge on any atom is 0.251 e. The predicted octanol–water partition coefficient (Wildman–Crippen LogP) is 3.74. The molecule has 1 aliphatic heterocycles. The Labute approximate surface area is 173 Å². The number of carbonyl (C=O) groups excluding carboxylic acids is 2. The molecule has 0 radical (unpaired) electrons. The van der Waals surface area contributed by atoms with Gasteiger partial charge in [0.15, 0.2) is 16.6 Å². The van der Waals surface area contributed by atoms with Gasteiger partial charge in [0.2, 0.25) is 5.91 Å². The molecule has 2 amide bonds. The lowest BCUT2D eigenvalue weighted by atomic mass is 10.2. The highest BCUT2D eigenvalue weighted by molar-refractivity contribution is 7.22. The summed E-state index contributed by atoms with van der Waals surface area (Å²) in [7, 11) is 0. The molecule has 2 heterocycles. The van der Waals surface area contributed by atoms with Crippen molar-refractivity contribution in [1.82, 2.24) is 10.3 Å². The number of fused-ring (bicyclic) bond motifs is 2. The highest BCUT2D eigenvalue weighted by Gasteiger charge is 2.16. The molecule has 0 bridgehead atoms. The van der Waals surface area contributed by atoms with Gasteiger partial charge in [0.1, 0.15) is 13.2 Å². The topological polar surface area (TPSA) is 89.6 Å². The number of carbonyl (C=O) groups is 2. The first-order valence-electron chi connectivity index (χ1n) is 8.23. The third-order valence-corrected chi connectivity index (χ3v) is 5.56. The van der Waals surface area contributed by atoms with E-state index in [-0.39, 0.29) is 11.6 Å². The van der Waals surface area contributed by atoms with Crippen molar-refractivity contribution >= 4 is 61.7 Å². The second-order valence-corrected chi connectivity index (χ2v) is 7.69. The van der Waals surface area contributed by atoms with E-state index in [0.29, 0.717) is 45.9 Å². The van der Waals surface area contributed by atoms with Crippen LogP contribution in [0.2, 0.25) is 10.0 Å². The van der Waals surface area contributed by atoms with Gasteiger partial charge in [0.05, 0.1) is 26.8 Å². The van der Waals surface area contributed by atoms with Crippen molar-refractivity contribution in [3.63, 3.8) is 0 Å². The van der Waals surface area contributed by atoms with Crippen LogP contribution >= 0.6 is 34.5 Å². The Hall–Kier alpha value is -2.55. The molecule has 1 aliphatic rings. The second kappa shape index (κ2) is 7.83. The Kier molecular flexibility index (Phi) is 5.25. The minimum Gasteiger partial charge on any atom is -0.486 e. The van der Waals surface area contributed by atoms with Crippen molar-refractivity contribution in [3.8, 4) is 11.5 Å². The minimum absolute atomic E-state index is 0.211. The van der Waals surface area contributed by atoms with Crippen molar-refractivity contribution in [2.24, 2.45) is 0 Å². The van der Waals surface area contributed by atoms with E-state index in [0.717, 1.165) is 4.70 Å². The van der Waals surface area contributed by atoms with Gasteiger partial charge < -0.3 is 20.1 Å². The minimum atomic E-state index is -0.431. The Morgan fingerprint density at radius 3 is 2.57 bits per heavy atom. The number of nitrogens with zero attached hydrogens (tertiary/aromatic N) is 1. The van der Waals surface area contributed by atoms with Crippen LogP contribution in [0.25, 0.3) is 10.2 Å². The Morgan fingerprint density at radius 2 is 1.82 bits per heavy atom. The van der Waals surface area contributed by atoms with Crippen LogP contribution < -0.4 is 20.1 Å². The Balaban J connectivity index is 1.39. The van der Waals surface area contributed by atoms with Crippen LogP contribution in [0.5, 0.6) is 11.5 Å². The van der Waals surface area contributed by atoms with E-state index in [1.807, 2.05) is 6.07 Å². The summed E-state index contributed by atoms with van der Waals surface area (Å²) in [6.07, 6.45) is 0. The zero-order valence-corrected chi connectivity index (χ0v) is 16.6. The number of hydrogen-bond acceptors (Lipinski definition) is 6. The van der Waals surface area contributed by atoms with Crippen LogP contribution in [0.4, 0.5) is 5.13 Å². The largest absolute Gasteiger partial charge is 0.486 e. The van der Waals surface area contributed by atoms with Gasteiger partial charge in [-0.05, 0) is 18.2 Å². The van der Waals surface area contributed by atoms with Crippen molar-refractivity contribution in [1.29, 1.82) is 0 Å². The first-order chi connectivity index (χ1) is 13.5. The lowest BCUT2D eigenvalue weighted by molar-refractivity contribution is -0.115. The van der Waals surface area contributed by atoms with Crippen molar-refractivity contribution in [3.05, 3.63) is 45.9 Å². The van der Waals surface area contributed by atoms with Gasteiger partial charge in [-0.2, -0.15) is 0 Å². The first kappa shape index (κ1) is 18.8. The molecule has 0 fully saturated rings. The zero-order chi connectivity index (χ0) is 19.7. The Morgan fingerprint density at radius 1 is 1.07 bits per heavy atom. The molecule has 144 valence electrons. The fourth-order valence-electron chi connectivity index (χ4n) is 2.58. The van der Waals surface area contributed by atoms with Gasteiger partial charge in [0, 0.05) is 17.7 Å². The normalized spacial score (nSPS) is 12.6. The molecule has 2 N–H and O–H groups in total. The van der Waals surface area contributed by atoms with E-state index in [1.165, 1.54) is 29.5 Å². The summed E-state index contributed by atoms with van der Waals surface area (Å²) >= 11 is 13.0. The van der Waals surface area contributed by atoms with Gasteiger partial charge in [0.25, 0.3) is 5.91 Å². The fourth-order valence-corrected chi connectivity index (χ4v) is 3.77. The summed E-state index contributed by atoms with van der Waals surface area (Å²) in [5.74, 6) is 0.467. The molecule has 7 nitrogen and oxygen atoms in total. The van der Waals surface area contributed by atoms with Crippen LogP contribution in [0.15, 0.2) is 30.3 Å². The van der Waals surface area contributed by atoms with Crippen LogP contribution in [0.3, 0.4) is 0 Å². The van der Waals surface area contributed by atoms with E-state index in [4.69, 9.17) is 32.7 Å². The third kappa shape index (κ3) is 3.99. The molecular weight excluding hydrogens is 425 g/mol. The fraction of sp³-hybridized carbons (Fsp3) is 0.167. The SMILES string of the molecule is O=C(CNC(=O)c1ccc(Cl)c(Cl)c1)Nc1nc2cc3c(cc2s1)OCCO3. The van der Waals surface area contributed by atoms with Crippen LogP contribution in [0.1, 0.15) is 10.4 Å². The van der Waals surface area contributed by atoms with E-state index < -0.39 is 11.8 Å². The first-order valence-corrected chi connectivity index (χ1v) is 9.80. The maximum absolute atomic E-state index is 12.1. The molecule has 28 heavy (non-hydrogen) atoms. The summed E-state index contributed by atoms with van der Waals surface area (Å²) in [5.41, 5.74) is 1.01. The summed E-state index contributed by atoms with van der Waals surface area (Å²) < 4.78 is 11.9. The van der Waals surface area contributed by atoms with E-state index in [1.54, 1.807) is 6.07 Å². The summed E-state index contributed by atoms with van der Waals surface area (Å²) in [4.78, 5) is 28.6. The molecule has 2 aromatic carbocycles. The molecule has 1 aromatic heterocycles. The molecule has 3 aromatic rings. The van der Waals surface area contributed by atoms with Crippen LogP contribution in [0, 0.1) is 0 Å². The number of aromatic nitrogens is 1. The highest BCUT2D eigenvalue weighted by Crippen LogP contribution is 2.37. The van der Waals surface area contributed by atoms with Gasteiger partial charge in [-0.1, -0.05) is 34.5 Å². The monoisotopic (exact) mass is 437 g/mol. The maximum atomic E-state index is 12.1. The highest BCUT2D eigenvalue weighted by atomic mass is 35.5. The number of ether oxygens (including phenoxy) is 2. The molecule has 0 saturated heterocycles. The summed E-state index contributed by atoms with van der Waals surface area (Å²) in [6, 6.07) is 8.11. The van der Waals surface area contributed by atoms with Crippen molar-refractivity contribution in [2.45, 2.75) is 0 Å². The van der Waals surface area contributed by atoms with Crippen LogP contribution in [-0.4, -0.2) is 36.6 Å². The summed E-state index contributed by atoms with van der Waals surface area (Å²) in [6.45, 7) is 0.780. The lowest BCUT2D eigenvalue weighted by Crippen LogP contribution is -2.32. The quantitative estimate of drug-likeness (QED) is 0.648. The average Bonchev–Trinajstić information content (AvgIpc) is 3.07. The molecule has 0 saturated carbocycles. The molecule has 0 atom stereocenters. The predicted molar refractivity (Wildman–Crippen MR) is 108 cm³/mol. The van der Waals surface area contributed by atoms with Crippen molar-refractivity contribution in [2.75, 3.05) is 25.1 Å². The molecule has 0 unspecified atom stereocenters. The second-order valence-electron chi connectivity index (χ2n) is 5.84. The number of anilines is 1. The number of rotatable bonds is 4. The van der Waals surface area contributed by atoms with Gasteiger partial charge >= 0.3 is 0 Å².